The molecular formula is C28H14N4PtS2. The first-order valence-corrected chi connectivity index (χ1v) is 11.2. The van der Waals surface area contributed by atoms with Gasteiger partial charge in [-0.25, -0.2) is 0 Å². The summed E-state index contributed by atoms with van der Waals surface area (Å²) in [6, 6.07) is 27.2. The molecule has 2 heterocycles. The summed E-state index contributed by atoms with van der Waals surface area (Å²) in [5.74, 6) is 0. The Labute approximate surface area is 227 Å². The Morgan fingerprint density at radius 3 is 1.51 bits per heavy atom. The van der Waals surface area contributed by atoms with Crippen LogP contribution in [0.5, 0.6) is 0 Å². The van der Waals surface area contributed by atoms with Crippen molar-refractivity contribution >= 4 is 79.4 Å². The van der Waals surface area contributed by atoms with Gasteiger partial charge in [0.2, 0.25) is 0 Å². The van der Waals surface area contributed by atoms with Crippen LogP contribution in [-0.2, 0) is 46.3 Å². The van der Waals surface area contributed by atoms with Crippen molar-refractivity contribution in [1.82, 2.24) is 9.97 Å². The van der Waals surface area contributed by atoms with Crippen LogP contribution in [0.2, 0.25) is 0 Å². The number of rotatable bonds is 0. The van der Waals surface area contributed by atoms with Crippen LogP contribution < -0.4 is 0 Å². The van der Waals surface area contributed by atoms with E-state index < -0.39 is 0 Å². The van der Waals surface area contributed by atoms with E-state index >= 15 is 0 Å². The van der Waals surface area contributed by atoms with Crippen LogP contribution in [-0.4, -0.2) is 9.97 Å². The van der Waals surface area contributed by atoms with Crippen LogP contribution in [0.4, 0.5) is 0 Å². The molecule has 0 unspecified atom stereocenters. The van der Waals surface area contributed by atoms with E-state index in [0.29, 0.717) is 0 Å². The van der Waals surface area contributed by atoms with E-state index in [0.717, 1.165) is 16.4 Å². The summed E-state index contributed by atoms with van der Waals surface area (Å²) in [6.45, 7) is 6.29. The molecular weight excluding hydrogens is 652 g/mol. The Morgan fingerprint density at radius 2 is 1.11 bits per heavy atom. The van der Waals surface area contributed by atoms with Gasteiger partial charge in [0, 0.05) is 39.0 Å². The van der Waals surface area contributed by atoms with Crippen LogP contribution in [0.25, 0.3) is 59.0 Å². The largest absolute Gasteiger partial charge is 2.00 e. The molecule has 6 aromatic rings. The fourth-order valence-corrected chi connectivity index (χ4v) is 4.47. The zero-order valence-electron chi connectivity index (χ0n) is 18.0. The summed E-state index contributed by atoms with van der Waals surface area (Å²) < 4.78 is 0. The monoisotopic (exact) mass is 665 g/mol. The van der Waals surface area contributed by atoms with E-state index in [-0.39, 0.29) is 31.0 Å². The average molecular weight is 666 g/mol. The molecule has 0 bridgehead atoms. The maximum absolute atomic E-state index is 8.01. The normalized spacial score (nSPS) is 11.3. The number of hydrogen-bond acceptors (Lipinski definition) is 5. The van der Waals surface area contributed by atoms with Gasteiger partial charge in [-0.15, -0.1) is 4.91 Å². The zero-order chi connectivity index (χ0) is 23.7. The van der Waals surface area contributed by atoms with Gasteiger partial charge in [0.1, 0.15) is 0 Å². The fraction of sp³-hybridized carbons (Fsp3) is 0. The van der Waals surface area contributed by atoms with E-state index in [4.69, 9.17) is 21.8 Å². The van der Waals surface area contributed by atoms with Crippen molar-refractivity contribution < 1.29 is 21.1 Å². The Kier molecular flexibility index (Phi) is 7.20. The quantitative estimate of drug-likeness (QED) is 0.0763. The molecule has 168 valence electrons. The molecule has 0 spiro atoms. The Bertz CT molecular complexity index is 1620. The van der Waals surface area contributed by atoms with Crippen molar-refractivity contribution in [1.29, 1.82) is 5.26 Å². The zero-order valence-corrected chi connectivity index (χ0v) is 21.9. The maximum atomic E-state index is 8.01. The van der Waals surface area contributed by atoms with E-state index in [9.17, 15) is 0 Å². The number of benzene rings is 4. The van der Waals surface area contributed by atoms with Crippen molar-refractivity contribution in [3.8, 4) is 6.07 Å². The molecule has 6 rings (SSSR count). The predicted molar refractivity (Wildman–Crippen MR) is 144 cm³/mol. The second kappa shape index (κ2) is 10.3. The maximum Gasteiger partial charge on any atom is 2.00 e. The standard InChI is InChI=1S/C24H14N2.C4H2N2S2.Pt/c1-3-9-17-15(7-1)19-11-5-13-25-23(19)22-21(17)18-10-4-2-8-16(18)20-12-6-14-26-24(20)22;1-6-4(8)3(7)2-5;/h1-14H;7-8H;/q;;+2/p-2. The Hall–Kier alpha value is -3.67. The summed E-state index contributed by atoms with van der Waals surface area (Å²) in [5.41, 5.74) is 2.05. The van der Waals surface area contributed by atoms with Crippen LogP contribution in [0, 0.1) is 17.9 Å². The molecule has 0 aliphatic rings. The van der Waals surface area contributed by atoms with Crippen LogP contribution in [0.1, 0.15) is 0 Å². The van der Waals surface area contributed by atoms with Crippen molar-refractivity contribution in [2.24, 2.45) is 0 Å². The minimum absolute atomic E-state index is 0. The minimum atomic E-state index is -0.123. The third-order valence-electron chi connectivity index (χ3n) is 5.71. The number of hydrogen-bond donors (Lipinski definition) is 0. The molecule has 4 nitrogen and oxygen atoms in total. The van der Waals surface area contributed by atoms with Gasteiger partial charge >= 0.3 is 21.1 Å². The number of nitriles is 1. The fourth-order valence-electron chi connectivity index (χ4n) is 4.38. The van der Waals surface area contributed by atoms with E-state index in [2.05, 4.69) is 90.8 Å². The van der Waals surface area contributed by atoms with Crippen molar-refractivity contribution in [2.45, 2.75) is 0 Å². The summed E-state index contributed by atoms with van der Waals surface area (Å²) >= 11 is 8.72. The second-order valence-electron chi connectivity index (χ2n) is 7.50. The predicted octanol–water partition coefficient (Wildman–Crippen LogP) is 6.93. The molecule has 0 atom stereocenters. The van der Waals surface area contributed by atoms with Gasteiger partial charge in [-0.1, -0.05) is 60.7 Å². The van der Waals surface area contributed by atoms with Gasteiger partial charge in [-0.2, -0.15) is 5.26 Å². The van der Waals surface area contributed by atoms with Crippen molar-refractivity contribution in [3.63, 3.8) is 0 Å². The van der Waals surface area contributed by atoms with Gasteiger partial charge in [0.25, 0.3) is 0 Å². The molecule has 0 aliphatic heterocycles. The third-order valence-corrected chi connectivity index (χ3v) is 6.42. The molecule has 4 aromatic carbocycles. The third kappa shape index (κ3) is 4.18. The topological polar surface area (TPSA) is 53.9 Å². The van der Waals surface area contributed by atoms with Crippen LogP contribution in [0.15, 0.2) is 95.1 Å². The van der Waals surface area contributed by atoms with E-state index in [1.165, 1.54) is 37.7 Å². The minimum Gasteiger partial charge on any atom is -0.812 e. The molecule has 2 aromatic heterocycles. The molecule has 0 aliphatic carbocycles. The van der Waals surface area contributed by atoms with Crippen molar-refractivity contribution in [3.05, 3.63) is 107 Å². The first kappa shape index (κ1) is 24.5. The number of pyridine rings is 2. The van der Waals surface area contributed by atoms with Gasteiger partial charge in [0.15, 0.2) is 0 Å². The van der Waals surface area contributed by atoms with Gasteiger partial charge in [-0.3, -0.25) is 14.8 Å². The Morgan fingerprint density at radius 1 is 0.686 bits per heavy atom. The number of allylic oxidation sites excluding steroid dienone is 1. The first-order valence-electron chi connectivity index (χ1n) is 10.4. The number of nitrogens with zero attached hydrogens (tertiary/aromatic N) is 4. The molecule has 0 fully saturated rings. The van der Waals surface area contributed by atoms with Gasteiger partial charge in [0.05, 0.1) is 23.7 Å². The molecule has 0 amide bonds. The summed E-state index contributed by atoms with van der Waals surface area (Å²) in [4.78, 5) is 12.2. The first-order chi connectivity index (χ1) is 16.7. The molecule has 35 heavy (non-hydrogen) atoms. The summed E-state index contributed by atoms with van der Waals surface area (Å²) in [6.07, 6.45) is 3.75. The van der Waals surface area contributed by atoms with Crippen LogP contribution in [0.3, 0.4) is 0 Å². The SMILES string of the molecule is [C-]#[N+]C([S-])=C([S-])C#N.[Pt+2].c1ccc2c(c1)c1cccnc1c1c3ncccc3c3ccccc3c21. The second-order valence-corrected chi connectivity index (χ2v) is 8.29. The molecule has 0 saturated heterocycles. The van der Waals surface area contributed by atoms with Crippen molar-refractivity contribution in [2.75, 3.05) is 0 Å². The van der Waals surface area contributed by atoms with Gasteiger partial charge < -0.3 is 25.3 Å². The molecule has 7 heteroatoms. The molecule has 0 saturated carbocycles. The van der Waals surface area contributed by atoms with Gasteiger partial charge in [-0.05, 0) is 33.7 Å². The molecule has 0 N–H and O–H groups in total. The molecule has 0 radical (unpaired) electrons. The number of aromatic nitrogens is 2. The summed E-state index contributed by atoms with van der Waals surface area (Å²) in [7, 11) is 0. The van der Waals surface area contributed by atoms with E-state index in [1.807, 2.05) is 24.5 Å². The van der Waals surface area contributed by atoms with E-state index in [1.54, 1.807) is 6.07 Å². The number of fused-ring (bicyclic) bond motifs is 11. The Balaban J connectivity index is 0.000000281. The average Bonchev–Trinajstić information content (AvgIpc) is 2.92. The summed E-state index contributed by atoms with van der Waals surface area (Å²) in [5, 5.41) is 17.6. The van der Waals surface area contributed by atoms with Crippen LogP contribution >= 0.6 is 0 Å². The smallest absolute Gasteiger partial charge is 0.812 e.